The highest BCUT2D eigenvalue weighted by Gasteiger charge is 2.18. The molecular weight excluding hydrogens is 171 g/mol. The number of hydrogen-bond acceptors (Lipinski definition) is 0. The lowest BCUT2D eigenvalue weighted by atomic mass is 10.6. The van der Waals surface area contributed by atoms with Crippen LogP contribution in [0.3, 0.4) is 0 Å². The Morgan fingerprint density at radius 1 is 1.27 bits per heavy atom. The van der Waals surface area contributed by atoms with Crippen molar-refractivity contribution >= 4 is 17.4 Å². The van der Waals surface area contributed by atoms with E-state index < -0.39 is 0 Å². The molecule has 11 heavy (non-hydrogen) atoms. The number of rotatable bonds is 5. The molecule has 0 aromatic rings. The fraction of sp³-hybridized carbons (Fsp3) is 1.00. The Labute approximate surface area is 75.4 Å². The molecule has 0 aliphatic rings. The Morgan fingerprint density at radius 2 is 1.82 bits per heavy atom. The van der Waals surface area contributed by atoms with Crippen LogP contribution in [0.4, 0.5) is 0 Å². The highest BCUT2D eigenvalue weighted by molar-refractivity contribution is 8.72. The van der Waals surface area contributed by atoms with E-state index in [2.05, 4.69) is 34.0 Å². The summed E-state index contributed by atoms with van der Waals surface area (Å²) in [5.41, 5.74) is 0. The van der Waals surface area contributed by atoms with Gasteiger partial charge in [0, 0.05) is 0 Å². The zero-order chi connectivity index (χ0) is 8.91. The van der Waals surface area contributed by atoms with Crippen LogP contribution < -0.4 is 0 Å². The van der Waals surface area contributed by atoms with E-state index in [0.29, 0.717) is 0 Å². The van der Waals surface area contributed by atoms with Crippen molar-refractivity contribution in [3.8, 4) is 0 Å². The third-order valence-corrected chi connectivity index (χ3v) is 11.8. The highest BCUT2D eigenvalue weighted by Crippen LogP contribution is 2.64. The first-order chi connectivity index (χ1) is 5.06. The van der Waals surface area contributed by atoms with Gasteiger partial charge in [0.1, 0.15) is 0 Å². The monoisotopic (exact) mass is 194 g/mol. The van der Waals surface area contributed by atoms with Crippen LogP contribution in [0, 0.1) is 0 Å². The molecule has 0 amide bonds. The molecule has 2 heteroatoms. The SMILES string of the molecule is CCCPS(C)(CC)C(C)C. The summed E-state index contributed by atoms with van der Waals surface area (Å²) in [7, 11) is 1.01. The molecule has 2 unspecified atom stereocenters. The minimum Gasteiger partial charge on any atom is -0.224 e. The van der Waals surface area contributed by atoms with Gasteiger partial charge in [-0.2, -0.15) is 0 Å². The lowest BCUT2D eigenvalue weighted by molar-refractivity contribution is 1.09. The highest BCUT2D eigenvalue weighted by atomic mass is 32.8. The molecule has 0 N–H and O–H groups in total. The predicted molar refractivity (Wildman–Crippen MR) is 62.7 cm³/mol. The summed E-state index contributed by atoms with van der Waals surface area (Å²) in [5.74, 6) is 1.42. The molecule has 70 valence electrons. The van der Waals surface area contributed by atoms with E-state index in [0.717, 1.165) is 5.25 Å². The molecule has 0 aromatic carbocycles. The van der Waals surface area contributed by atoms with Crippen LogP contribution >= 0.6 is 17.4 Å². The lowest BCUT2D eigenvalue weighted by Gasteiger charge is -2.39. The summed E-state index contributed by atoms with van der Waals surface area (Å²) in [6.07, 6.45) is 5.34. The Balaban J connectivity index is 3.88. The van der Waals surface area contributed by atoms with E-state index in [1.165, 1.54) is 26.1 Å². The van der Waals surface area contributed by atoms with E-state index in [4.69, 9.17) is 0 Å². The molecule has 0 aromatic heterocycles. The smallest absolute Gasteiger partial charge is 0.0139 e. The van der Waals surface area contributed by atoms with E-state index in [-0.39, 0.29) is 9.65 Å². The van der Waals surface area contributed by atoms with Gasteiger partial charge in [-0.15, -0.1) is 0 Å². The molecule has 0 rings (SSSR count). The molecule has 0 bridgehead atoms. The van der Waals surface area contributed by atoms with Crippen molar-refractivity contribution in [2.24, 2.45) is 0 Å². The van der Waals surface area contributed by atoms with Gasteiger partial charge in [-0.1, -0.05) is 41.9 Å². The predicted octanol–water partition coefficient (Wildman–Crippen LogP) is 3.85. The Hall–Kier alpha value is 0.780. The van der Waals surface area contributed by atoms with E-state index in [1.807, 2.05) is 0 Å². The van der Waals surface area contributed by atoms with Crippen molar-refractivity contribution in [2.45, 2.75) is 39.4 Å². The van der Waals surface area contributed by atoms with Crippen molar-refractivity contribution < 1.29 is 0 Å². The zero-order valence-electron chi connectivity index (χ0n) is 8.61. The molecule has 0 radical (unpaired) electrons. The molecule has 0 fully saturated rings. The second-order valence-electron chi connectivity index (χ2n) is 3.39. The Bertz CT molecular complexity index is 104. The molecule has 0 aliphatic carbocycles. The number of hydrogen-bond donors (Lipinski definition) is 0. The van der Waals surface area contributed by atoms with Gasteiger partial charge in [0.05, 0.1) is 0 Å². The summed E-state index contributed by atoms with van der Waals surface area (Å²) >= 11 is 0. The van der Waals surface area contributed by atoms with Crippen LogP contribution in [0.5, 0.6) is 0 Å². The van der Waals surface area contributed by atoms with Gasteiger partial charge in [0.2, 0.25) is 0 Å². The van der Waals surface area contributed by atoms with Crippen molar-refractivity contribution in [1.29, 1.82) is 0 Å². The average Bonchev–Trinajstić information content (AvgIpc) is 2.00. The molecule has 0 spiro atoms. The maximum absolute atomic E-state index is 2.52. The molecule has 0 aliphatic heterocycles. The zero-order valence-corrected chi connectivity index (χ0v) is 10.4. The summed E-state index contributed by atoms with van der Waals surface area (Å²) in [4.78, 5) is 0. The molecule has 2 atom stereocenters. The molecular formula is C9H23PS. The Morgan fingerprint density at radius 3 is 2.09 bits per heavy atom. The first-order valence-electron chi connectivity index (χ1n) is 4.56. The summed E-state index contributed by atoms with van der Waals surface area (Å²) in [5, 5.41) is 0.928. The van der Waals surface area contributed by atoms with Crippen molar-refractivity contribution in [3.05, 3.63) is 0 Å². The third-order valence-electron chi connectivity index (χ3n) is 2.32. The fourth-order valence-electron chi connectivity index (χ4n) is 0.937. The first kappa shape index (κ1) is 11.8. The van der Waals surface area contributed by atoms with Gasteiger partial charge in [0.25, 0.3) is 0 Å². The van der Waals surface area contributed by atoms with E-state index in [1.54, 1.807) is 0 Å². The minimum absolute atomic E-state index is 0.228. The van der Waals surface area contributed by atoms with Crippen molar-refractivity contribution in [2.75, 3.05) is 18.2 Å². The van der Waals surface area contributed by atoms with Gasteiger partial charge >= 0.3 is 0 Å². The second-order valence-corrected chi connectivity index (χ2v) is 11.7. The molecule has 0 saturated carbocycles. The van der Waals surface area contributed by atoms with Crippen LogP contribution in [0.15, 0.2) is 0 Å². The normalized spacial score (nSPS) is 20.9. The van der Waals surface area contributed by atoms with E-state index in [9.17, 15) is 0 Å². The third kappa shape index (κ3) is 3.80. The van der Waals surface area contributed by atoms with Crippen LogP contribution in [-0.4, -0.2) is 23.4 Å². The topological polar surface area (TPSA) is 0 Å². The van der Waals surface area contributed by atoms with Crippen LogP contribution in [0.2, 0.25) is 0 Å². The average molecular weight is 194 g/mol. The second kappa shape index (κ2) is 5.43. The molecule has 0 heterocycles. The van der Waals surface area contributed by atoms with Crippen LogP contribution in [-0.2, 0) is 0 Å². The standard InChI is InChI=1S/C9H23PS/c1-6-8-10-11(5,7-2)9(3)4/h9-10H,6-8H2,1-5H3. The largest absolute Gasteiger partial charge is 0.224 e. The van der Waals surface area contributed by atoms with Gasteiger partial charge < -0.3 is 0 Å². The van der Waals surface area contributed by atoms with Gasteiger partial charge in [-0.3, -0.25) is 0 Å². The minimum atomic E-state index is -0.228. The van der Waals surface area contributed by atoms with Gasteiger partial charge in [-0.05, 0) is 23.4 Å². The van der Waals surface area contributed by atoms with Crippen LogP contribution in [0.25, 0.3) is 0 Å². The van der Waals surface area contributed by atoms with E-state index >= 15 is 0 Å². The molecule has 0 nitrogen and oxygen atoms in total. The van der Waals surface area contributed by atoms with Gasteiger partial charge in [-0.25, -0.2) is 9.65 Å². The molecule has 0 saturated heterocycles. The lowest BCUT2D eigenvalue weighted by Crippen LogP contribution is -2.08. The van der Waals surface area contributed by atoms with Crippen molar-refractivity contribution in [3.63, 3.8) is 0 Å². The van der Waals surface area contributed by atoms with Gasteiger partial charge in [0.15, 0.2) is 0 Å². The Kier molecular flexibility index (Phi) is 5.82. The maximum atomic E-state index is 2.52. The first-order valence-corrected chi connectivity index (χ1v) is 8.76. The fourth-order valence-corrected chi connectivity index (χ4v) is 6.44. The quantitative estimate of drug-likeness (QED) is 0.583. The summed E-state index contributed by atoms with van der Waals surface area (Å²) < 4.78 is 0. The van der Waals surface area contributed by atoms with Crippen molar-refractivity contribution in [1.82, 2.24) is 0 Å². The van der Waals surface area contributed by atoms with Crippen LogP contribution in [0.1, 0.15) is 34.1 Å². The summed E-state index contributed by atoms with van der Waals surface area (Å²) in [6, 6.07) is 0. The maximum Gasteiger partial charge on any atom is -0.0139 e. The summed E-state index contributed by atoms with van der Waals surface area (Å²) in [6.45, 7) is 9.43.